The second kappa shape index (κ2) is 6.58. The SMILES string of the molecule is Cc1nc2ccc(-c3cc(=O)n4cc(N5CC6CN(C)CC6C5)cc(C)c4n3)nn2n1. The molecule has 0 bridgehead atoms. The molecule has 0 N–H and O–H groups in total. The number of hydrogen-bond donors (Lipinski definition) is 0. The Morgan fingerprint density at radius 2 is 1.71 bits per heavy atom. The quantitative estimate of drug-likeness (QED) is 0.489. The Balaban J connectivity index is 1.40. The Hall–Kier alpha value is -3.33. The number of anilines is 1. The van der Waals surface area contributed by atoms with Crippen LogP contribution < -0.4 is 10.5 Å². The molecular formula is C22H24N8O. The number of rotatable bonds is 2. The molecule has 4 aromatic rings. The van der Waals surface area contributed by atoms with Gasteiger partial charge in [-0.1, -0.05) is 0 Å². The van der Waals surface area contributed by atoms with Crippen LogP contribution in [0.3, 0.4) is 0 Å². The summed E-state index contributed by atoms with van der Waals surface area (Å²) < 4.78 is 3.14. The number of aryl methyl sites for hydroxylation is 2. The van der Waals surface area contributed by atoms with Gasteiger partial charge in [-0.05, 0) is 56.5 Å². The fourth-order valence-electron chi connectivity index (χ4n) is 5.12. The van der Waals surface area contributed by atoms with Crippen molar-refractivity contribution < 1.29 is 0 Å². The molecule has 0 radical (unpaired) electrons. The van der Waals surface area contributed by atoms with Gasteiger partial charge in [-0.2, -0.15) is 0 Å². The number of nitrogens with zero attached hydrogens (tertiary/aromatic N) is 8. The van der Waals surface area contributed by atoms with E-state index in [0.29, 0.717) is 40.3 Å². The summed E-state index contributed by atoms with van der Waals surface area (Å²) in [6, 6.07) is 7.35. The Kier molecular flexibility index (Phi) is 3.92. The first-order chi connectivity index (χ1) is 14.9. The number of likely N-dealkylation sites (tertiary alicyclic amines) is 1. The first-order valence-corrected chi connectivity index (χ1v) is 10.6. The summed E-state index contributed by atoms with van der Waals surface area (Å²) in [6.07, 6.45) is 1.93. The van der Waals surface area contributed by atoms with Gasteiger partial charge in [0.1, 0.15) is 17.2 Å². The standard InChI is InChI=1S/C22H24N8O/c1-13-6-17(28-10-15-8-27(3)9-16(15)11-28)12-29-21(31)7-19(24-22(13)29)18-4-5-20-23-14(2)25-30(20)26-18/h4-7,12,15-16H,8-11H2,1-3H3. The van der Waals surface area contributed by atoms with Crippen LogP contribution in [0.4, 0.5) is 5.69 Å². The predicted octanol–water partition coefficient (Wildman–Crippen LogP) is 1.41. The molecule has 9 nitrogen and oxygen atoms in total. The maximum absolute atomic E-state index is 13.0. The average Bonchev–Trinajstić information content (AvgIpc) is 3.39. The van der Waals surface area contributed by atoms with Gasteiger partial charge in [0.15, 0.2) is 5.65 Å². The van der Waals surface area contributed by atoms with Crippen LogP contribution in [0.15, 0.2) is 35.3 Å². The van der Waals surface area contributed by atoms with Crippen molar-refractivity contribution in [3.8, 4) is 11.4 Å². The maximum Gasteiger partial charge on any atom is 0.258 e. The summed E-state index contributed by atoms with van der Waals surface area (Å²) in [5.41, 5.74) is 4.41. The molecule has 2 aliphatic heterocycles. The van der Waals surface area contributed by atoms with E-state index >= 15 is 0 Å². The molecule has 0 aromatic carbocycles. The highest BCUT2D eigenvalue weighted by Crippen LogP contribution is 2.33. The zero-order valence-corrected chi connectivity index (χ0v) is 17.9. The smallest absolute Gasteiger partial charge is 0.258 e. The highest BCUT2D eigenvalue weighted by molar-refractivity contribution is 5.63. The highest BCUT2D eigenvalue weighted by atomic mass is 16.1. The fourth-order valence-corrected chi connectivity index (χ4v) is 5.12. The summed E-state index contributed by atoms with van der Waals surface area (Å²) in [5.74, 6) is 2.07. The second-order valence-electron chi connectivity index (χ2n) is 8.93. The van der Waals surface area contributed by atoms with Crippen LogP contribution in [0.5, 0.6) is 0 Å². The minimum atomic E-state index is -0.110. The number of hydrogen-bond acceptors (Lipinski definition) is 7. The van der Waals surface area contributed by atoms with Gasteiger partial charge in [-0.3, -0.25) is 9.20 Å². The molecule has 31 heavy (non-hydrogen) atoms. The fraction of sp³-hybridized carbons (Fsp3) is 0.409. The summed E-state index contributed by atoms with van der Waals surface area (Å²) >= 11 is 0. The van der Waals surface area contributed by atoms with Crippen molar-refractivity contribution in [2.24, 2.45) is 11.8 Å². The molecule has 2 aliphatic rings. The Morgan fingerprint density at radius 3 is 2.48 bits per heavy atom. The molecule has 6 heterocycles. The van der Waals surface area contributed by atoms with E-state index in [1.54, 1.807) is 10.5 Å². The van der Waals surface area contributed by atoms with Gasteiger partial charge in [-0.25, -0.2) is 9.97 Å². The van der Waals surface area contributed by atoms with Crippen LogP contribution in [-0.4, -0.2) is 67.3 Å². The minimum absolute atomic E-state index is 0.110. The lowest BCUT2D eigenvalue weighted by atomic mass is 10.0. The lowest BCUT2D eigenvalue weighted by Crippen LogP contribution is -2.27. The number of fused-ring (bicyclic) bond motifs is 3. The number of pyridine rings is 1. The molecule has 158 valence electrons. The van der Waals surface area contributed by atoms with E-state index in [2.05, 4.69) is 38.1 Å². The third-order valence-electron chi connectivity index (χ3n) is 6.54. The summed E-state index contributed by atoms with van der Waals surface area (Å²) in [7, 11) is 2.20. The van der Waals surface area contributed by atoms with E-state index in [1.165, 1.54) is 4.63 Å². The van der Waals surface area contributed by atoms with E-state index in [1.807, 2.05) is 32.2 Å². The van der Waals surface area contributed by atoms with Gasteiger partial charge in [0.2, 0.25) is 0 Å². The number of aromatic nitrogens is 6. The lowest BCUT2D eigenvalue weighted by molar-refractivity contribution is 0.387. The van der Waals surface area contributed by atoms with Crippen molar-refractivity contribution >= 4 is 17.0 Å². The van der Waals surface area contributed by atoms with Crippen LogP contribution >= 0.6 is 0 Å². The third-order valence-corrected chi connectivity index (χ3v) is 6.54. The molecule has 6 rings (SSSR count). The monoisotopic (exact) mass is 416 g/mol. The van der Waals surface area contributed by atoms with Gasteiger partial charge >= 0.3 is 0 Å². The van der Waals surface area contributed by atoms with Gasteiger partial charge < -0.3 is 9.80 Å². The van der Waals surface area contributed by atoms with E-state index < -0.39 is 0 Å². The zero-order valence-electron chi connectivity index (χ0n) is 17.9. The Morgan fingerprint density at radius 1 is 0.935 bits per heavy atom. The van der Waals surface area contributed by atoms with Crippen LogP contribution in [0.1, 0.15) is 11.4 Å². The molecule has 9 heteroatoms. The predicted molar refractivity (Wildman–Crippen MR) is 117 cm³/mol. The van der Waals surface area contributed by atoms with Crippen molar-refractivity contribution in [3.63, 3.8) is 0 Å². The first-order valence-electron chi connectivity index (χ1n) is 10.6. The molecule has 0 spiro atoms. The molecule has 2 unspecified atom stereocenters. The van der Waals surface area contributed by atoms with Crippen molar-refractivity contribution in [1.82, 2.24) is 34.1 Å². The molecule has 4 aromatic heterocycles. The summed E-state index contributed by atoms with van der Waals surface area (Å²) in [6.45, 7) is 8.23. The lowest BCUT2D eigenvalue weighted by Gasteiger charge is -2.22. The van der Waals surface area contributed by atoms with Gasteiger partial charge in [0.05, 0.1) is 11.4 Å². The van der Waals surface area contributed by atoms with Gasteiger partial charge in [0.25, 0.3) is 5.56 Å². The summed E-state index contributed by atoms with van der Waals surface area (Å²) in [5, 5.41) is 8.74. The molecule has 2 fully saturated rings. The van der Waals surface area contributed by atoms with E-state index in [4.69, 9.17) is 4.98 Å². The van der Waals surface area contributed by atoms with Crippen molar-refractivity contribution in [2.45, 2.75) is 13.8 Å². The topological polar surface area (TPSA) is 83.9 Å². The van der Waals surface area contributed by atoms with E-state index in [0.717, 1.165) is 37.4 Å². The van der Waals surface area contributed by atoms with Crippen LogP contribution in [-0.2, 0) is 0 Å². The van der Waals surface area contributed by atoms with Crippen molar-refractivity contribution in [1.29, 1.82) is 0 Å². The normalized spacial score (nSPS) is 21.5. The van der Waals surface area contributed by atoms with Crippen LogP contribution in [0.25, 0.3) is 22.7 Å². The maximum atomic E-state index is 13.0. The van der Waals surface area contributed by atoms with Crippen LogP contribution in [0.2, 0.25) is 0 Å². The molecular weight excluding hydrogens is 392 g/mol. The molecule has 0 aliphatic carbocycles. The Labute approximate surface area is 179 Å². The van der Waals surface area contributed by atoms with Crippen molar-refractivity contribution in [3.05, 3.63) is 52.2 Å². The van der Waals surface area contributed by atoms with E-state index in [9.17, 15) is 4.79 Å². The van der Waals surface area contributed by atoms with Gasteiger partial charge in [-0.15, -0.1) is 14.8 Å². The van der Waals surface area contributed by atoms with Gasteiger partial charge in [0, 0.05) is 38.4 Å². The average molecular weight is 416 g/mol. The third kappa shape index (κ3) is 2.99. The largest absolute Gasteiger partial charge is 0.370 e. The second-order valence-corrected chi connectivity index (χ2v) is 8.93. The molecule has 2 saturated heterocycles. The highest BCUT2D eigenvalue weighted by Gasteiger charge is 2.38. The Bertz CT molecular complexity index is 1380. The molecule has 2 atom stereocenters. The first kappa shape index (κ1) is 18.4. The van der Waals surface area contributed by atoms with Crippen molar-refractivity contribution in [2.75, 3.05) is 38.1 Å². The molecule has 0 saturated carbocycles. The van der Waals surface area contributed by atoms with E-state index in [-0.39, 0.29) is 5.56 Å². The minimum Gasteiger partial charge on any atom is -0.370 e. The summed E-state index contributed by atoms with van der Waals surface area (Å²) in [4.78, 5) is 26.9. The van der Waals surface area contributed by atoms with Crippen LogP contribution in [0, 0.1) is 25.7 Å². The molecule has 0 amide bonds. The zero-order chi connectivity index (χ0) is 21.3.